The van der Waals surface area contributed by atoms with Crippen LogP contribution < -0.4 is 0 Å². The number of nitrogens with zero attached hydrogens (tertiary/aromatic N) is 5. The van der Waals surface area contributed by atoms with Crippen molar-refractivity contribution < 1.29 is 9.21 Å². The highest BCUT2D eigenvalue weighted by Crippen LogP contribution is 2.29. The molecule has 0 N–H and O–H groups in total. The minimum Gasteiger partial charge on any atom is -0.413 e. The molecule has 0 bridgehead atoms. The smallest absolute Gasteiger partial charge is 0.289 e. The number of fused-ring (bicyclic) bond motifs is 1. The van der Waals surface area contributed by atoms with Gasteiger partial charge in [-0.3, -0.25) is 4.79 Å². The molecule has 0 unspecified atom stereocenters. The van der Waals surface area contributed by atoms with Crippen LogP contribution in [0.4, 0.5) is 0 Å². The first-order valence-electron chi connectivity index (χ1n) is 9.59. The summed E-state index contributed by atoms with van der Waals surface area (Å²) in [5, 5.41) is 17.0. The molecule has 0 aliphatic heterocycles. The van der Waals surface area contributed by atoms with Crippen LogP contribution in [0.15, 0.2) is 71.4 Å². The van der Waals surface area contributed by atoms with Crippen molar-refractivity contribution in [2.24, 2.45) is 0 Å². The maximum Gasteiger partial charge on any atom is 0.289 e. The van der Waals surface area contributed by atoms with E-state index in [9.17, 15) is 4.79 Å². The second-order valence-corrected chi connectivity index (χ2v) is 7.50. The molecule has 0 atom stereocenters. The summed E-state index contributed by atoms with van der Waals surface area (Å²) in [6.07, 6.45) is 3.03. The van der Waals surface area contributed by atoms with Gasteiger partial charge in [0.05, 0.1) is 23.5 Å². The first kappa shape index (κ1) is 19.1. The first-order valence-corrected chi connectivity index (χ1v) is 9.97. The number of benzene rings is 2. The van der Waals surface area contributed by atoms with Gasteiger partial charge in [0.25, 0.3) is 11.7 Å². The highest BCUT2D eigenvalue weighted by Gasteiger charge is 2.25. The van der Waals surface area contributed by atoms with Crippen LogP contribution in [0.1, 0.15) is 27.5 Å². The van der Waals surface area contributed by atoms with E-state index in [-0.39, 0.29) is 17.6 Å². The van der Waals surface area contributed by atoms with Crippen molar-refractivity contribution in [3.8, 4) is 11.5 Å². The Hall–Kier alpha value is -3.84. The molecule has 5 rings (SSSR count). The lowest BCUT2D eigenvalue weighted by molar-refractivity contribution is 0.100. The highest BCUT2D eigenvalue weighted by molar-refractivity contribution is 6.30. The van der Waals surface area contributed by atoms with E-state index in [2.05, 4.69) is 25.0 Å². The predicted molar refractivity (Wildman–Crippen MR) is 116 cm³/mol. The molecule has 2 aromatic carbocycles. The van der Waals surface area contributed by atoms with Crippen LogP contribution in [0.25, 0.3) is 22.4 Å². The monoisotopic (exact) mass is 429 g/mol. The fourth-order valence-electron chi connectivity index (χ4n) is 3.65. The molecule has 5 aromatic rings. The summed E-state index contributed by atoms with van der Waals surface area (Å²) in [6.45, 7) is 2.53. The lowest BCUT2D eigenvalue weighted by Gasteiger charge is -2.09. The van der Waals surface area contributed by atoms with E-state index >= 15 is 0 Å². The van der Waals surface area contributed by atoms with Crippen molar-refractivity contribution in [1.29, 1.82) is 0 Å². The SMILES string of the molecule is Cc1c(C(=O)c2nnc(-c3ccnnc3)o2)c2ccccc2n1Cc1ccc(Cl)cc1. The summed E-state index contributed by atoms with van der Waals surface area (Å²) in [4.78, 5) is 13.4. The highest BCUT2D eigenvalue weighted by atomic mass is 35.5. The minimum atomic E-state index is -0.315. The number of ketones is 1. The Morgan fingerprint density at radius 2 is 1.84 bits per heavy atom. The third-order valence-electron chi connectivity index (χ3n) is 5.16. The van der Waals surface area contributed by atoms with Gasteiger partial charge in [-0.05, 0) is 36.8 Å². The van der Waals surface area contributed by atoms with E-state index < -0.39 is 0 Å². The van der Waals surface area contributed by atoms with Gasteiger partial charge in [-0.1, -0.05) is 41.9 Å². The van der Waals surface area contributed by atoms with Crippen LogP contribution in [0.2, 0.25) is 5.02 Å². The normalized spacial score (nSPS) is 11.2. The molecule has 152 valence electrons. The van der Waals surface area contributed by atoms with E-state index in [0.717, 1.165) is 22.2 Å². The topological polar surface area (TPSA) is 86.7 Å². The summed E-state index contributed by atoms with van der Waals surface area (Å²) in [6, 6.07) is 17.2. The molecule has 0 spiro atoms. The molecule has 7 nitrogen and oxygen atoms in total. The predicted octanol–water partition coefficient (Wildman–Crippen LogP) is 4.72. The second kappa shape index (κ2) is 7.77. The van der Waals surface area contributed by atoms with E-state index in [1.54, 1.807) is 6.07 Å². The van der Waals surface area contributed by atoms with Crippen LogP contribution in [-0.2, 0) is 6.54 Å². The van der Waals surface area contributed by atoms with Crippen LogP contribution in [0.3, 0.4) is 0 Å². The van der Waals surface area contributed by atoms with E-state index in [4.69, 9.17) is 16.0 Å². The van der Waals surface area contributed by atoms with Gasteiger partial charge in [-0.25, -0.2) is 0 Å². The van der Waals surface area contributed by atoms with E-state index in [1.807, 2.05) is 55.5 Å². The fourth-order valence-corrected chi connectivity index (χ4v) is 3.78. The Bertz CT molecular complexity index is 1390. The maximum absolute atomic E-state index is 13.4. The Morgan fingerprint density at radius 3 is 2.61 bits per heavy atom. The molecular formula is C23H16ClN5O2. The Balaban J connectivity index is 1.57. The van der Waals surface area contributed by atoms with Gasteiger partial charge in [-0.15, -0.1) is 10.2 Å². The molecule has 31 heavy (non-hydrogen) atoms. The summed E-state index contributed by atoms with van der Waals surface area (Å²) in [5.41, 5.74) is 4.01. The van der Waals surface area contributed by atoms with Gasteiger partial charge in [0, 0.05) is 28.2 Å². The van der Waals surface area contributed by atoms with Crippen LogP contribution in [0.5, 0.6) is 0 Å². The van der Waals surface area contributed by atoms with Crippen LogP contribution in [-0.4, -0.2) is 30.7 Å². The Kier molecular flexibility index (Phi) is 4.80. The van der Waals surface area contributed by atoms with Gasteiger partial charge in [0.2, 0.25) is 5.89 Å². The molecule has 0 saturated carbocycles. The summed E-state index contributed by atoms with van der Waals surface area (Å²) in [7, 11) is 0. The fraction of sp³-hybridized carbons (Fsp3) is 0.0870. The molecule has 3 aromatic heterocycles. The Labute approximate surface area is 182 Å². The van der Waals surface area contributed by atoms with E-state index in [1.165, 1.54) is 12.4 Å². The molecule has 3 heterocycles. The molecule has 0 aliphatic rings. The average Bonchev–Trinajstić information content (AvgIpc) is 3.40. The van der Waals surface area contributed by atoms with Gasteiger partial charge < -0.3 is 8.98 Å². The van der Waals surface area contributed by atoms with Crippen molar-refractivity contribution in [1.82, 2.24) is 25.0 Å². The zero-order chi connectivity index (χ0) is 21.4. The summed E-state index contributed by atoms with van der Waals surface area (Å²) in [5.74, 6) is -0.158. The van der Waals surface area contributed by atoms with Crippen molar-refractivity contribution >= 4 is 28.3 Å². The van der Waals surface area contributed by atoms with Crippen LogP contribution in [0, 0.1) is 6.92 Å². The van der Waals surface area contributed by atoms with Crippen molar-refractivity contribution in [3.05, 3.63) is 94.7 Å². The second-order valence-electron chi connectivity index (χ2n) is 7.06. The standard InChI is InChI=1S/C23H16ClN5O2/c1-14-20(21(30)23-28-27-22(31-23)16-10-11-25-26-12-16)18-4-2-3-5-19(18)29(14)13-15-6-8-17(24)9-7-15/h2-12H,13H2,1H3. The van der Waals surface area contributed by atoms with Crippen molar-refractivity contribution in [2.45, 2.75) is 13.5 Å². The zero-order valence-electron chi connectivity index (χ0n) is 16.5. The molecule has 8 heteroatoms. The molecule has 0 aliphatic carbocycles. The average molecular weight is 430 g/mol. The number of carbonyl (C=O) groups excluding carboxylic acids is 1. The van der Waals surface area contributed by atoms with E-state index in [0.29, 0.717) is 22.7 Å². The minimum absolute atomic E-state index is 0.0655. The number of rotatable bonds is 5. The van der Waals surface area contributed by atoms with Gasteiger partial charge in [0.15, 0.2) is 0 Å². The lowest BCUT2D eigenvalue weighted by atomic mass is 10.1. The zero-order valence-corrected chi connectivity index (χ0v) is 17.2. The maximum atomic E-state index is 13.4. The Morgan fingerprint density at radius 1 is 1.03 bits per heavy atom. The molecule has 0 fully saturated rings. The third-order valence-corrected chi connectivity index (χ3v) is 5.41. The third kappa shape index (κ3) is 3.49. The quantitative estimate of drug-likeness (QED) is 0.375. The summed E-state index contributed by atoms with van der Waals surface area (Å²) < 4.78 is 7.77. The number of aromatic nitrogens is 5. The number of carbonyl (C=O) groups is 1. The van der Waals surface area contributed by atoms with Crippen LogP contribution >= 0.6 is 11.6 Å². The van der Waals surface area contributed by atoms with Gasteiger partial charge >= 0.3 is 0 Å². The largest absolute Gasteiger partial charge is 0.413 e. The number of para-hydroxylation sites is 1. The molecule has 0 radical (unpaired) electrons. The van der Waals surface area contributed by atoms with Crippen molar-refractivity contribution in [3.63, 3.8) is 0 Å². The van der Waals surface area contributed by atoms with Gasteiger partial charge in [-0.2, -0.15) is 10.2 Å². The molecule has 0 amide bonds. The molecular weight excluding hydrogens is 414 g/mol. The lowest BCUT2D eigenvalue weighted by Crippen LogP contribution is -2.06. The summed E-state index contributed by atoms with van der Waals surface area (Å²) >= 11 is 6.02. The molecule has 0 saturated heterocycles. The van der Waals surface area contributed by atoms with Crippen molar-refractivity contribution in [2.75, 3.05) is 0 Å². The number of hydrogen-bond acceptors (Lipinski definition) is 6. The first-order chi connectivity index (χ1) is 15.1. The number of halogens is 1. The number of hydrogen-bond donors (Lipinski definition) is 0. The van der Waals surface area contributed by atoms with Gasteiger partial charge in [0.1, 0.15) is 0 Å².